The number of nitrogens with zero attached hydrogens (tertiary/aromatic N) is 1. The molecule has 0 aliphatic carbocycles. The summed E-state index contributed by atoms with van der Waals surface area (Å²) in [5, 5.41) is 0. The van der Waals surface area contributed by atoms with Crippen LogP contribution < -0.4 is 0 Å². The van der Waals surface area contributed by atoms with Crippen LogP contribution in [0.5, 0.6) is 0 Å². The molecule has 0 spiro atoms. The van der Waals surface area contributed by atoms with Gasteiger partial charge in [0.25, 0.3) is 0 Å². The number of hydrogen-bond acceptors (Lipinski definition) is 1. The smallest absolute Gasteiger partial charge is 0.127 e. The van der Waals surface area contributed by atoms with E-state index in [9.17, 15) is 8.78 Å². The van der Waals surface area contributed by atoms with Gasteiger partial charge in [-0.15, -0.1) is 11.6 Å². The van der Waals surface area contributed by atoms with E-state index in [1.54, 1.807) is 0 Å². The second-order valence-electron chi connectivity index (χ2n) is 3.29. The van der Waals surface area contributed by atoms with Crippen molar-refractivity contribution in [3.8, 4) is 0 Å². The monoisotopic (exact) mass is 233 g/mol. The van der Waals surface area contributed by atoms with Crippen LogP contribution in [0.25, 0.3) is 0 Å². The van der Waals surface area contributed by atoms with Gasteiger partial charge in [0.2, 0.25) is 0 Å². The van der Waals surface area contributed by atoms with Gasteiger partial charge in [-0.1, -0.05) is 6.92 Å². The van der Waals surface area contributed by atoms with Gasteiger partial charge in [-0.2, -0.15) is 0 Å². The topological polar surface area (TPSA) is 3.24 Å². The van der Waals surface area contributed by atoms with Crippen molar-refractivity contribution in [1.29, 1.82) is 0 Å². The summed E-state index contributed by atoms with van der Waals surface area (Å²) >= 11 is 5.60. The van der Waals surface area contributed by atoms with E-state index in [1.165, 1.54) is 6.07 Å². The Kier molecular flexibility index (Phi) is 4.99. The molecule has 15 heavy (non-hydrogen) atoms. The van der Waals surface area contributed by atoms with Crippen LogP contribution in [0.4, 0.5) is 8.78 Å². The standard InChI is InChI=1S/C11H14ClF2N/c1-2-15(6-5-12)8-9-7-10(13)3-4-11(9)14/h3-4,7H,2,5-6,8H2,1H3. The Morgan fingerprint density at radius 1 is 1.33 bits per heavy atom. The zero-order valence-electron chi connectivity index (χ0n) is 8.64. The fraction of sp³-hybridized carbons (Fsp3) is 0.455. The number of halogens is 3. The first-order chi connectivity index (χ1) is 7.17. The van der Waals surface area contributed by atoms with E-state index in [2.05, 4.69) is 0 Å². The van der Waals surface area contributed by atoms with E-state index in [4.69, 9.17) is 11.6 Å². The predicted molar refractivity (Wildman–Crippen MR) is 58.0 cm³/mol. The first-order valence-corrected chi connectivity index (χ1v) is 5.43. The van der Waals surface area contributed by atoms with E-state index in [-0.39, 0.29) is 5.82 Å². The van der Waals surface area contributed by atoms with E-state index in [1.807, 2.05) is 11.8 Å². The van der Waals surface area contributed by atoms with Gasteiger partial charge in [-0.05, 0) is 24.7 Å². The first-order valence-electron chi connectivity index (χ1n) is 4.89. The lowest BCUT2D eigenvalue weighted by Crippen LogP contribution is -2.25. The summed E-state index contributed by atoms with van der Waals surface area (Å²) < 4.78 is 26.2. The zero-order chi connectivity index (χ0) is 11.3. The number of rotatable bonds is 5. The minimum Gasteiger partial charge on any atom is -0.298 e. The molecular formula is C11H14ClF2N. The molecule has 0 atom stereocenters. The molecular weight excluding hydrogens is 220 g/mol. The Hall–Kier alpha value is -0.670. The third-order valence-corrected chi connectivity index (χ3v) is 2.42. The van der Waals surface area contributed by atoms with Gasteiger partial charge >= 0.3 is 0 Å². The lowest BCUT2D eigenvalue weighted by Gasteiger charge is -2.19. The minimum absolute atomic E-state index is 0.371. The van der Waals surface area contributed by atoms with Crippen LogP contribution in [0.1, 0.15) is 12.5 Å². The summed E-state index contributed by atoms with van der Waals surface area (Å²) in [5.41, 5.74) is 0.377. The Morgan fingerprint density at radius 2 is 2.07 bits per heavy atom. The molecule has 0 saturated carbocycles. The Bertz CT molecular complexity index is 317. The van der Waals surface area contributed by atoms with Gasteiger partial charge in [-0.3, -0.25) is 4.90 Å². The van der Waals surface area contributed by atoms with Crippen LogP contribution in [0.3, 0.4) is 0 Å². The maximum Gasteiger partial charge on any atom is 0.127 e. The molecule has 0 fully saturated rings. The van der Waals surface area contributed by atoms with Gasteiger partial charge < -0.3 is 0 Å². The van der Waals surface area contributed by atoms with Crippen LogP contribution in [-0.2, 0) is 6.54 Å². The summed E-state index contributed by atoms with van der Waals surface area (Å²) in [6.07, 6.45) is 0. The van der Waals surface area contributed by atoms with Crippen LogP contribution in [0.15, 0.2) is 18.2 Å². The first kappa shape index (κ1) is 12.4. The zero-order valence-corrected chi connectivity index (χ0v) is 9.40. The van der Waals surface area contributed by atoms with Crippen molar-refractivity contribution >= 4 is 11.6 Å². The third-order valence-electron chi connectivity index (χ3n) is 2.25. The van der Waals surface area contributed by atoms with Gasteiger partial charge in [0.05, 0.1) is 0 Å². The maximum atomic E-state index is 13.3. The molecule has 0 aromatic heterocycles. The van der Waals surface area contributed by atoms with Crippen LogP contribution in [-0.4, -0.2) is 23.9 Å². The van der Waals surface area contributed by atoms with Crippen molar-refractivity contribution < 1.29 is 8.78 Å². The molecule has 1 nitrogen and oxygen atoms in total. The van der Waals surface area contributed by atoms with E-state index in [0.717, 1.165) is 18.7 Å². The normalized spacial score (nSPS) is 11.0. The molecule has 0 aliphatic heterocycles. The average Bonchev–Trinajstić information content (AvgIpc) is 2.22. The molecule has 1 aromatic carbocycles. The predicted octanol–water partition coefficient (Wildman–Crippen LogP) is 3.03. The van der Waals surface area contributed by atoms with Crippen molar-refractivity contribution in [2.75, 3.05) is 19.0 Å². The Morgan fingerprint density at radius 3 is 2.67 bits per heavy atom. The Balaban J connectivity index is 2.73. The highest BCUT2D eigenvalue weighted by Gasteiger charge is 2.08. The van der Waals surface area contributed by atoms with Crippen LogP contribution in [0.2, 0.25) is 0 Å². The SMILES string of the molecule is CCN(CCCl)Cc1cc(F)ccc1F. The van der Waals surface area contributed by atoms with Crippen LogP contribution >= 0.6 is 11.6 Å². The number of hydrogen-bond donors (Lipinski definition) is 0. The molecule has 0 aliphatic rings. The van der Waals surface area contributed by atoms with Gasteiger partial charge in [0.1, 0.15) is 11.6 Å². The summed E-state index contributed by atoms with van der Waals surface area (Å²) in [6.45, 7) is 3.80. The second-order valence-corrected chi connectivity index (χ2v) is 3.67. The van der Waals surface area contributed by atoms with Crippen LogP contribution in [0, 0.1) is 11.6 Å². The molecule has 0 bridgehead atoms. The molecule has 0 amide bonds. The fourth-order valence-electron chi connectivity index (χ4n) is 1.37. The number of benzene rings is 1. The van der Waals surface area contributed by atoms with Gasteiger partial charge in [0.15, 0.2) is 0 Å². The van der Waals surface area contributed by atoms with Crippen molar-refractivity contribution in [2.45, 2.75) is 13.5 Å². The highest BCUT2D eigenvalue weighted by molar-refractivity contribution is 6.18. The molecule has 0 radical (unpaired) electrons. The molecule has 0 heterocycles. The fourth-order valence-corrected chi connectivity index (χ4v) is 1.61. The maximum absolute atomic E-state index is 13.3. The summed E-state index contributed by atoms with van der Waals surface area (Å²) in [4.78, 5) is 1.96. The van der Waals surface area contributed by atoms with Crippen molar-refractivity contribution in [1.82, 2.24) is 4.90 Å². The molecule has 0 N–H and O–H groups in total. The van der Waals surface area contributed by atoms with Gasteiger partial charge in [-0.25, -0.2) is 8.78 Å². The lowest BCUT2D eigenvalue weighted by molar-refractivity contribution is 0.292. The average molecular weight is 234 g/mol. The second kappa shape index (κ2) is 6.03. The summed E-state index contributed by atoms with van der Waals surface area (Å²) in [6, 6.07) is 3.50. The quantitative estimate of drug-likeness (QED) is 0.707. The van der Waals surface area contributed by atoms with E-state index >= 15 is 0 Å². The van der Waals surface area contributed by atoms with Gasteiger partial charge in [0, 0.05) is 24.5 Å². The van der Waals surface area contributed by atoms with E-state index in [0.29, 0.717) is 24.5 Å². The number of alkyl halides is 1. The molecule has 84 valence electrons. The summed E-state index contributed by atoms with van der Waals surface area (Å²) in [7, 11) is 0. The highest BCUT2D eigenvalue weighted by atomic mass is 35.5. The highest BCUT2D eigenvalue weighted by Crippen LogP contribution is 2.12. The molecule has 1 rings (SSSR count). The third kappa shape index (κ3) is 3.76. The molecule has 0 saturated heterocycles. The largest absolute Gasteiger partial charge is 0.298 e. The van der Waals surface area contributed by atoms with Crippen molar-refractivity contribution in [3.05, 3.63) is 35.4 Å². The molecule has 0 unspecified atom stereocenters. The van der Waals surface area contributed by atoms with Crippen molar-refractivity contribution in [3.63, 3.8) is 0 Å². The molecule has 1 aromatic rings. The minimum atomic E-state index is -0.409. The summed E-state index contributed by atoms with van der Waals surface area (Å²) in [5.74, 6) is -0.289. The lowest BCUT2D eigenvalue weighted by atomic mass is 10.2. The Labute approximate surface area is 93.7 Å². The molecule has 4 heteroatoms. The van der Waals surface area contributed by atoms with Crippen molar-refractivity contribution in [2.24, 2.45) is 0 Å². The van der Waals surface area contributed by atoms with E-state index < -0.39 is 5.82 Å².